The quantitative estimate of drug-likeness (QED) is 0.880. The Kier molecular flexibility index (Phi) is 4.71. The lowest BCUT2D eigenvalue weighted by molar-refractivity contribution is -0.151. The van der Waals surface area contributed by atoms with Crippen LogP contribution in [0.5, 0.6) is 0 Å². The van der Waals surface area contributed by atoms with Crippen molar-refractivity contribution in [2.45, 2.75) is 13.3 Å². The van der Waals surface area contributed by atoms with Crippen molar-refractivity contribution in [2.75, 3.05) is 26.8 Å². The number of hydrogen-bond acceptors (Lipinski definition) is 6. The molecule has 1 unspecified atom stereocenters. The highest BCUT2D eigenvalue weighted by atomic mass is 32.1. The zero-order valence-corrected chi connectivity index (χ0v) is 15.1. The third-order valence-electron chi connectivity index (χ3n) is 4.24. The summed E-state index contributed by atoms with van der Waals surface area (Å²) in [5.74, 6) is -1.06. The van der Waals surface area contributed by atoms with E-state index < -0.39 is 11.4 Å². The second-order valence-corrected chi connectivity index (χ2v) is 7.85. The second-order valence-electron chi connectivity index (χ2n) is 5.91. The van der Waals surface area contributed by atoms with E-state index in [4.69, 9.17) is 4.74 Å². The molecule has 24 heavy (non-hydrogen) atoms. The number of thiophene rings is 1. The van der Waals surface area contributed by atoms with Crippen molar-refractivity contribution in [1.29, 1.82) is 0 Å². The molecule has 3 rings (SSSR count). The molecule has 0 saturated carbocycles. The van der Waals surface area contributed by atoms with E-state index in [2.05, 4.69) is 4.98 Å². The summed E-state index contributed by atoms with van der Waals surface area (Å²) >= 11 is 2.94. The highest BCUT2D eigenvalue weighted by Gasteiger charge is 2.47. The van der Waals surface area contributed by atoms with Crippen molar-refractivity contribution in [2.24, 2.45) is 5.41 Å². The Hall–Kier alpha value is -1.77. The summed E-state index contributed by atoms with van der Waals surface area (Å²) in [4.78, 5) is 32.2. The highest BCUT2D eigenvalue weighted by Crippen LogP contribution is 2.35. The molecule has 1 N–H and O–H groups in total. The number of nitrogens with zero attached hydrogens (tertiary/aromatic N) is 2. The molecule has 1 aliphatic heterocycles. The normalized spacial score (nSPS) is 20.5. The maximum absolute atomic E-state index is 12.8. The lowest BCUT2D eigenvalue weighted by Crippen LogP contribution is -2.40. The number of hydrogen-bond donors (Lipinski definition) is 1. The molecule has 1 amide bonds. The SMILES string of the molecule is COCC1(C(=O)O)CCN(C(=O)c2sc(-c3cccs3)nc2C)C1. The maximum atomic E-state index is 12.8. The number of ether oxygens (including phenoxy) is 1. The number of likely N-dealkylation sites (tertiary alicyclic amines) is 1. The lowest BCUT2D eigenvalue weighted by Gasteiger charge is -2.23. The van der Waals surface area contributed by atoms with E-state index in [9.17, 15) is 14.7 Å². The molecule has 1 aliphatic rings. The Morgan fingerprint density at radius 2 is 2.29 bits per heavy atom. The first kappa shape index (κ1) is 17.1. The van der Waals surface area contributed by atoms with E-state index in [0.717, 1.165) is 9.88 Å². The van der Waals surface area contributed by atoms with Crippen molar-refractivity contribution in [3.63, 3.8) is 0 Å². The molecule has 1 atom stereocenters. The number of carbonyl (C=O) groups excluding carboxylic acids is 1. The Morgan fingerprint density at radius 3 is 2.92 bits per heavy atom. The van der Waals surface area contributed by atoms with Crippen molar-refractivity contribution in [3.05, 3.63) is 28.1 Å². The average molecular weight is 366 g/mol. The first-order valence-electron chi connectivity index (χ1n) is 7.50. The number of thiazole rings is 1. The number of aromatic nitrogens is 1. The van der Waals surface area contributed by atoms with Crippen molar-refractivity contribution in [3.8, 4) is 9.88 Å². The summed E-state index contributed by atoms with van der Waals surface area (Å²) < 4.78 is 5.07. The number of aryl methyl sites for hydroxylation is 1. The number of rotatable bonds is 5. The number of carboxylic acid groups (broad SMARTS) is 1. The summed E-state index contributed by atoms with van der Waals surface area (Å²) in [6, 6.07) is 3.92. The minimum Gasteiger partial charge on any atom is -0.481 e. The number of amides is 1. The van der Waals surface area contributed by atoms with Crippen LogP contribution in [0.1, 0.15) is 21.8 Å². The topological polar surface area (TPSA) is 79.7 Å². The molecule has 0 radical (unpaired) electrons. The summed E-state index contributed by atoms with van der Waals surface area (Å²) in [5, 5.41) is 12.3. The molecule has 128 valence electrons. The van der Waals surface area contributed by atoms with E-state index in [1.165, 1.54) is 18.4 Å². The van der Waals surface area contributed by atoms with Crippen LogP contribution >= 0.6 is 22.7 Å². The van der Waals surface area contributed by atoms with E-state index >= 15 is 0 Å². The smallest absolute Gasteiger partial charge is 0.313 e. The Bertz CT molecular complexity index is 756. The average Bonchev–Trinajstić information content (AvgIpc) is 3.26. The van der Waals surface area contributed by atoms with Gasteiger partial charge in [0.25, 0.3) is 5.91 Å². The highest BCUT2D eigenvalue weighted by molar-refractivity contribution is 7.22. The van der Waals surface area contributed by atoms with Gasteiger partial charge in [0.15, 0.2) is 0 Å². The van der Waals surface area contributed by atoms with E-state index in [1.807, 2.05) is 24.4 Å². The maximum Gasteiger partial charge on any atom is 0.313 e. The number of carboxylic acids is 1. The summed E-state index contributed by atoms with van der Waals surface area (Å²) in [7, 11) is 1.48. The second kappa shape index (κ2) is 6.62. The van der Waals surface area contributed by atoms with Gasteiger partial charge in [-0.2, -0.15) is 0 Å². The van der Waals surface area contributed by atoms with E-state index in [0.29, 0.717) is 23.5 Å². The van der Waals surface area contributed by atoms with Gasteiger partial charge in [-0.1, -0.05) is 6.07 Å². The Labute approximate surface area is 147 Å². The van der Waals surface area contributed by atoms with Gasteiger partial charge in [0.05, 0.1) is 17.2 Å². The van der Waals surface area contributed by atoms with Gasteiger partial charge >= 0.3 is 5.97 Å². The van der Waals surface area contributed by atoms with Crippen molar-refractivity contribution >= 4 is 34.6 Å². The van der Waals surface area contributed by atoms with Crippen LogP contribution in [0.2, 0.25) is 0 Å². The molecule has 0 bridgehead atoms. The summed E-state index contributed by atoms with van der Waals surface area (Å²) in [5.41, 5.74) is -0.326. The third-order valence-corrected chi connectivity index (χ3v) is 6.42. The summed E-state index contributed by atoms with van der Waals surface area (Å²) in [6.07, 6.45) is 0.400. The predicted molar refractivity (Wildman–Crippen MR) is 92.6 cm³/mol. The number of methoxy groups -OCH3 is 1. The van der Waals surface area contributed by atoms with Crippen LogP contribution in [0.25, 0.3) is 9.88 Å². The van der Waals surface area contributed by atoms with Crippen LogP contribution in [0.3, 0.4) is 0 Å². The fourth-order valence-corrected chi connectivity index (χ4v) is 4.75. The van der Waals surface area contributed by atoms with Crippen LogP contribution < -0.4 is 0 Å². The van der Waals surface area contributed by atoms with Crippen LogP contribution in [0.15, 0.2) is 17.5 Å². The molecule has 0 spiro atoms. The van der Waals surface area contributed by atoms with E-state index in [1.54, 1.807) is 16.2 Å². The molecule has 3 heterocycles. The zero-order chi connectivity index (χ0) is 17.3. The first-order chi connectivity index (χ1) is 11.5. The lowest BCUT2D eigenvalue weighted by atomic mass is 9.88. The number of aliphatic carboxylic acids is 1. The van der Waals surface area contributed by atoms with Gasteiger partial charge in [0, 0.05) is 20.2 Å². The molecule has 0 aromatic carbocycles. The molecular formula is C16H18N2O4S2. The van der Waals surface area contributed by atoms with Gasteiger partial charge in [0.1, 0.15) is 15.3 Å². The molecule has 1 fully saturated rings. The standard InChI is InChI=1S/C16H18N2O4S2/c1-10-12(24-13(17-10)11-4-3-7-23-11)14(19)18-6-5-16(8-18,9-22-2)15(20)21/h3-4,7H,5-6,8-9H2,1-2H3,(H,20,21). The fourth-order valence-electron chi connectivity index (χ4n) is 2.92. The summed E-state index contributed by atoms with van der Waals surface area (Å²) in [6.45, 7) is 2.51. The van der Waals surface area contributed by atoms with Crippen molar-refractivity contribution in [1.82, 2.24) is 9.88 Å². The van der Waals surface area contributed by atoms with Crippen LogP contribution in [0, 0.1) is 12.3 Å². The monoisotopic (exact) mass is 366 g/mol. The molecule has 8 heteroatoms. The molecule has 6 nitrogen and oxygen atoms in total. The number of carbonyl (C=O) groups is 2. The molecule has 2 aromatic rings. The predicted octanol–water partition coefficient (Wildman–Crippen LogP) is 2.74. The van der Waals surface area contributed by atoms with Gasteiger partial charge in [-0.25, -0.2) is 4.98 Å². The van der Waals surface area contributed by atoms with Gasteiger partial charge in [-0.15, -0.1) is 22.7 Å². The minimum atomic E-state index is -1.01. The van der Waals surface area contributed by atoms with Gasteiger partial charge < -0.3 is 14.7 Å². The molecule has 2 aromatic heterocycles. The van der Waals surface area contributed by atoms with Gasteiger partial charge in [-0.3, -0.25) is 9.59 Å². The van der Waals surface area contributed by atoms with Gasteiger partial charge in [0.2, 0.25) is 0 Å². The van der Waals surface area contributed by atoms with Crippen LogP contribution in [0.4, 0.5) is 0 Å². The van der Waals surface area contributed by atoms with Crippen molar-refractivity contribution < 1.29 is 19.4 Å². The fraction of sp³-hybridized carbons (Fsp3) is 0.438. The Morgan fingerprint density at radius 1 is 1.50 bits per heavy atom. The molecule has 1 saturated heterocycles. The minimum absolute atomic E-state index is 0.105. The molecule has 0 aliphatic carbocycles. The first-order valence-corrected chi connectivity index (χ1v) is 9.19. The largest absolute Gasteiger partial charge is 0.481 e. The molecular weight excluding hydrogens is 348 g/mol. The van der Waals surface area contributed by atoms with Crippen LogP contribution in [-0.4, -0.2) is 53.7 Å². The van der Waals surface area contributed by atoms with E-state index in [-0.39, 0.29) is 19.1 Å². The zero-order valence-electron chi connectivity index (χ0n) is 13.4. The Balaban J connectivity index is 1.82. The third kappa shape index (κ3) is 2.97. The van der Waals surface area contributed by atoms with Crippen LogP contribution in [-0.2, 0) is 9.53 Å². The van der Waals surface area contributed by atoms with Gasteiger partial charge in [-0.05, 0) is 24.8 Å².